The fraction of sp³-hybridized carbons (Fsp3) is 0.739. The lowest BCUT2D eigenvalue weighted by atomic mass is 9.77. The Bertz CT molecular complexity index is 835. The minimum Gasteiger partial charge on any atom is -0.390 e. The van der Waals surface area contributed by atoms with Gasteiger partial charge in [-0.15, -0.1) is 0 Å². The summed E-state index contributed by atoms with van der Waals surface area (Å²) in [5.41, 5.74) is -0.656. The maximum atomic E-state index is 11.6. The molecule has 2 heterocycles. The van der Waals surface area contributed by atoms with Gasteiger partial charge in [-0.25, -0.2) is 0 Å². The van der Waals surface area contributed by atoms with Crippen molar-refractivity contribution in [2.45, 2.75) is 80.0 Å². The molecule has 3 fully saturated rings. The van der Waals surface area contributed by atoms with Gasteiger partial charge in [0, 0.05) is 18.0 Å². The summed E-state index contributed by atoms with van der Waals surface area (Å²) in [6, 6.07) is 6.18. The molecule has 0 unspecified atom stereocenters. The fourth-order valence-electron chi connectivity index (χ4n) is 5.41. The molecule has 11 heteroatoms. The van der Waals surface area contributed by atoms with Gasteiger partial charge in [-0.3, -0.25) is 0 Å². The van der Waals surface area contributed by atoms with Crippen LogP contribution in [0.3, 0.4) is 0 Å². The van der Waals surface area contributed by atoms with Crippen molar-refractivity contribution >= 4 is 11.6 Å². The van der Waals surface area contributed by atoms with Crippen molar-refractivity contribution < 1.29 is 34.6 Å². The van der Waals surface area contributed by atoms with Crippen molar-refractivity contribution in [2.75, 3.05) is 27.2 Å². The third-order valence-electron chi connectivity index (χ3n) is 7.27. The Hall–Kier alpha value is -0.890. The Morgan fingerprint density at radius 2 is 1.68 bits per heavy atom. The summed E-state index contributed by atoms with van der Waals surface area (Å²) in [5, 5.41) is 54.7. The lowest BCUT2D eigenvalue weighted by Crippen LogP contribution is -2.81. The monoisotopic (exact) mass is 501 g/mol. The van der Waals surface area contributed by atoms with Gasteiger partial charge in [-0.1, -0.05) is 23.7 Å². The van der Waals surface area contributed by atoms with Crippen LogP contribution in [0.4, 0.5) is 0 Å². The van der Waals surface area contributed by atoms with E-state index in [0.717, 1.165) is 5.56 Å². The normalized spacial score (nSPS) is 44.4. The number of fused-ring (bicyclic) bond motifs is 2. The van der Waals surface area contributed by atoms with E-state index in [4.69, 9.17) is 25.8 Å². The molecule has 0 spiro atoms. The molecular formula is C23H36ClN3O7. The maximum Gasteiger partial charge on any atom is 0.249 e. The Morgan fingerprint density at radius 3 is 2.32 bits per heavy atom. The molecule has 2 saturated heterocycles. The number of aliphatic hydroxyl groups excluding tert-OH is 2. The quantitative estimate of drug-likeness (QED) is 0.226. The second-order valence-electron chi connectivity index (χ2n) is 9.56. The number of ether oxygens (including phenoxy) is 3. The molecule has 10 atom stereocenters. The first-order valence-corrected chi connectivity index (χ1v) is 12.1. The van der Waals surface area contributed by atoms with E-state index < -0.39 is 60.3 Å². The van der Waals surface area contributed by atoms with Crippen LogP contribution < -0.4 is 16.0 Å². The van der Waals surface area contributed by atoms with E-state index in [9.17, 15) is 20.4 Å². The van der Waals surface area contributed by atoms with Gasteiger partial charge in [0.05, 0.1) is 24.3 Å². The summed E-state index contributed by atoms with van der Waals surface area (Å²) in [5.74, 6) is -2.21. The molecule has 0 bridgehead atoms. The Balaban J connectivity index is 1.50. The molecule has 192 valence electrons. The highest BCUT2D eigenvalue weighted by Crippen LogP contribution is 2.46. The number of aliphatic hydroxyl groups is 4. The first-order chi connectivity index (χ1) is 16.1. The third-order valence-corrected chi connectivity index (χ3v) is 7.52. The molecule has 2 aliphatic heterocycles. The summed E-state index contributed by atoms with van der Waals surface area (Å²) in [6.07, 6.45) is -4.91. The second kappa shape index (κ2) is 10.2. The smallest absolute Gasteiger partial charge is 0.249 e. The van der Waals surface area contributed by atoms with Crippen LogP contribution in [0.1, 0.15) is 18.9 Å². The van der Waals surface area contributed by atoms with Crippen LogP contribution in [0.25, 0.3) is 0 Å². The zero-order valence-electron chi connectivity index (χ0n) is 19.6. The first-order valence-electron chi connectivity index (χ1n) is 11.7. The lowest BCUT2D eigenvalue weighted by Gasteiger charge is -2.60. The number of halogens is 1. The molecule has 4 rings (SSSR count). The van der Waals surface area contributed by atoms with Crippen molar-refractivity contribution in [1.29, 1.82) is 0 Å². The molecule has 34 heavy (non-hydrogen) atoms. The highest BCUT2D eigenvalue weighted by molar-refractivity contribution is 6.30. The Kier molecular flexibility index (Phi) is 7.88. The Morgan fingerprint density at radius 1 is 1.00 bits per heavy atom. The summed E-state index contributed by atoms with van der Waals surface area (Å²) in [7, 11) is 3.29. The minimum atomic E-state index is -2.21. The lowest BCUT2D eigenvalue weighted by molar-refractivity contribution is -0.482. The molecule has 0 aromatic heterocycles. The maximum absolute atomic E-state index is 11.6. The van der Waals surface area contributed by atoms with Gasteiger partial charge in [-0.05, 0) is 51.7 Å². The molecular weight excluding hydrogens is 466 g/mol. The molecule has 0 amide bonds. The van der Waals surface area contributed by atoms with Gasteiger partial charge in [0.15, 0.2) is 0 Å². The van der Waals surface area contributed by atoms with Gasteiger partial charge in [0.1, 0.15) is 23.9 Å². The van der Waals surface area contributed by atoms with Crippen LogP contribution in [0.15, 0.2) is 24.3 Å². The summed E-state index contributed by atoms with van der Waals surface area (Å²) >= 11 is 5.94. The molecule has 1 saturated carbocycles. The van der Waals surface area contributed by atoms with E-state index in [2.05, 4.69) is 16.0 Å². The molecule has 1 aromatic rings. The minimum absolute atomic E-state index is 0.0243. The van der Waals surface area contributed by atoms with E-state index in [1.54, 1.807) is 21.0 Å². The van der Waals surface area contributed by atoms with Crippen LogP contribution >= 0.6 is 11.6 Å². The van der Waals surface area contributed by atoms with Gasteiger partial charge in [-0.2, -0.15) is 0 Å². The standard InChI is InChI=1S/C23H36ClN3O7/c1-12-10-22(30,11-27-9-8-13-4-6-14(24)7-5-13)23(31)21(32-12)33-20-18(29)15(25-2)17(28)16(26-3)19(20)34-23/h4-7,12,15-21,25-31H,8-11H2,1-3H3/t12-,15-,16+,17+,18+,19-,20-,21+,22-,23-/m1/s1. The first kappa shape index (κ1) is 26.2. The molecule has 1 aliphatic carbocycles. The van der Waals surface area contributed by atoms with E-state index in [1.807, 2.05) is 24.3 Å². The summed E-state index contributed by atoms with van der Waals surface area (Å²) in [6.45, 7) is 2.35. The predicted octanol–water partition coefficient (Wildman–Crippen LogP) is -1.28. The van der Waals surface area contributed by atoms with Crippen LogP contribution in [-0.4, -0.2) is 108 Å². The summed E-state index contributed by atoms with van der Waals surface area (Å²) < 4.78 is 18.0. The average Bonchev–Trinajstić information content (AvgIpc) is 2.79. The van der Waals surface area contributed by atoms with E-state index in [-0.39, 0.29) is 13.0 Å². The number of nitrogens with one attached hydrogen (secondary N) is 3. The number of rotatable bonds is 7. The average molecular weight is 502 g/mol. The van der Waals surface area contributed by atoms with E-state index in [0.29, 0.717) is 18.0 Å². The SMILES string of the molecule is CN[C@@H]1[C@H](O)[C@H](NC)[C@H]2O[C@]3(O)[C@H](O[C@@H]2[C@H]1O)O[C@H](C)C[C@@]3(O)CNCCc1ccc(Cl)cc1. The van der Waals surface area contributed by atoms with E-state index in [1.165, 1.54) is 0 Å². The van der Waals surface area contributed by atoms with Gasteiger partial charge < -0.3 is 50.6 Å². The number of hydrogen-bond acceptors (Lipinski definition) is 10. The molecule has 1 aromatic carbocycles. The summed E-state index contributed by atoms with van der Waals surface area (Å²) in [4.78, 5) is 0. The molecule has 7 N–H and O–H groups in total. The molecule has 0 radical (unpaired) electrons. The van der Waals surface area contributed by atoms with Gasteiger partial charge in [0.25, 0.3) is 0 Å². The largest absolute Gasteiger partial charge is 0.390 e. The molecule has 10 nitrogen and oxygen atoms in total. The zero-order valence-corrected chi connectivity index (χ0v) is 20.4. The number of benzene rings is 1. The van der Waals surface area contributed by atoms with Crippen LogP contribution in [-0.2, 0) is 20.6 Å². The van der Waals surface area contributed by atoms with Crippen LogP contribution in [0.2, 0.25) is 5.02 Å². The van der Waals surface area contributed by atoms with Crippen molar-refractivity contribution in [3.63, 3.8) is 0 Å². The van der Waals surface area contributed by atoms with E-state index >= 15 is 0 Å². The highest BCUT2D eigenvalue weighted by atomic mass is 35.5. The third kappa shape index (κ3) is 4.62. The van der Waals surface area contributed by atoms with Crippen LogP contribution in [0, 0.1) is 0 Å². The zero-order chi connectivity index (χ0) is 24.7. The van der Waals surface area contributed by atoms with Gasteiger partial charge in [0.2, 0.25) is 12.1 Å². The number of hydrogen-bond donors (Lipinski definition) is 7. The predicted molar refractivity (Wildman–Crippen MR) is 124 cm³/mol. The highest BCUT2D eigenvalue weighted by Gasteiger charge is 2.68. The van der Waals surface area contributed by atoms with Crippen LogP contribution in [0.5, 0.6) is 0 Å². The van der Waals surface area contributed by atoms with Crippen molar-refractivity contribution in [2.24, 2.45) is 0 Å². The number of likely N-dealkylation sites (N-methyl/N-ethyl adjacent to an activating group) is 2. The second-order valence-corrected chi connectivity index (χ2v) is 9.99. The van der Waals surface area contributed by atoms with Gasteiger partial charge >= 0.3 is 0 Å². The van der Waals surface area contributed by atoms with Crippen molar-refractivity contribution in [3.8, 4) is 0 Å². The fourth-order valence-corrected chi connectivity index (χ4v) is 5.53. The van der Waals surface area contributed by atoms with Crippen molar-refractivity contribution in [3.05, 3.63) is 34.9 Å². The Labute approximate surface area is 204 Å². The molecule has 3 aliphatic rings. The topological polar surface area (TPSA) is 145 Å². The van der Waals surface area contributed by atoms with Crippen molar-refractivity contribution in [1.82, 2.24) is 16.0 Å².